The van der Waals surface area contributed by atoms with Crippen LogP contribution in [0.4, 0.5) is 11.4 Å². The van der Waals surface area contributed by atoms with Crippen molar-refractivity contribution >= 4 is 11.4 Å². The smallest absolute Gasteiger partial charge is 0.129 e. The molecule has 0 aliphatic carbocycles. The Morgan fingerprint density at radius 3 is 1.30 bits per heavy atom. The lowest BCUT2D eigenvalue weighted by molar-refractivity contribution is 0.483. The summed E-state index contributed by atoms with van der Waals surface area (Å²) in [6, 6.07) is 30.8. The Morgan fingerprint density at radius 1 is 0.533 bits per heavy atom. The van der Waals surface area contributed by atoms with Crippen LogP contribution in [0.15, 0.2) is 97.1 Å². The lowest BCUT2D eigenvalue weighted by Gasteiger charge is -2.14. The number of ether oxygens (including phenoxy) is 2. The van der Waals surface area contributed by atoms with Gasteiger partial charge < -0.3 is 20.9 Å². The van der Waals surface area contributed by atoms with Gasteiger partial charge in [0, 0.05) is 29.4 Å². The van der Waals surface area contributed by atoms with Gasteiger partial charge in [-0.05, 0) is 59.7 Å². The summed E-state index contributed by atoms with van der Waals surface area (Å²) in [6.07, 6.45) is 0. The zero-order valence-electron chi connectivity index (χ0n) is 16.7. The number of hydrogen-bond donors (Lipinski definition) is 2. The normalized spacial score (nSPS) is 10.7. The third-order valence-corrected chi connectivity index (χ3v) is 4.76. The monoisotopic (exact) mass is 395 g/mol. The van der Waals surface area contributed by atoms with Crippen LogP contribution in [0, 0.1) is 5.92 Å². The largest absolute Gasteiger partial charge is 0.457 e. The minimum absolute atomic E-state index is 0.677. The fourth-order valence-electron chi connectivity index (χ4n) is 3.14. The molecule has 0 aliphatic rings. The summed E-state index contributed by atoms with van der Waals surface area (Å²) in [6.45, 7) is 2.10. The third kappa shape index (κ3) is 4.73. The first-order valence-corrected chi connectivity index (χ1v) is 9.68. The molecule has 4 rings (SSSR count). The highest BCUT2D eigenvalue weighted by molar-refractivity contribution is 5.50. The Kier molecular flexibility index (Phi) is 5.57. The Bertz CT molecular complexity index is 1030. The lowest BCUT2D eigenvalue weighted by atomic mass is 9.93. The molecule has 0 fully saturated rings. The summed E-state index contributed by atoms with van der Waals surface area (Å²) in [5.41, 5.74) is 15.2. The molecule has 0 bridgehead atoms. The molecule has 0 saturated heterocycles. The van der Waals surface area contributed by atoms with E-state index in [0.29, 0.717) is 11.4 Å². The molecule has 0 amide bonds. The van der Waals surface area contributed by atoms with E-state index in [2.05, 4.69) is 6.92 Å². The van der Waals surface area contributed by atoms with Gasteiger partial charge in [-0.25, -0.2) is 0 Å². The van der Waals surface area contributed by atoms with Crippen molar-refractivity contribution in [3.05, 3.63) is 114 Å². The Balaban J connectivity index is 1.43. The molecule has 0 atom stereocenters. The fraction of sp³-hybridized carbons (Fsp3) is 0.0385. The maximum absolute atomic E-state index is 5.87. The quantitative estimate of drug-likeness (QED) is 0.369. The number of rotatable bonds is 6. The summed E-state index contributed by atoms with van der Waals surface area (Å²) < 4.78 is 11.7. The molecule has 4 aromatic carbocycles. The molecule has 0 unspecified atom stereocenters. The van der Waals surface area contributed by atoms with Crippen molar-refractivity contribution in [1.29, 1.82) is 0 Å². The van der Waals surface area contributed by atoms with Crippen LogP contribution in [0.5, 0.6) is 23.0 Å². The number of nitrogen functional groups attached to an aromatic ring is 2. The second-order valence-electron chi connectivity index (χ2n) is 7.02. The summed E-state index contributed by atoms with van der Waals surface area (Å²) in [5, 5.41) is 0. The lowest BCUT2D eigenvalue weighted by Crippen LogP contribution is -1.97. The SMILES string of the molecule is C[C](c1ccc(Oc2cccc(N)c2)cc1)c1ccc(Oc2cccc(N)c2)cc1. The third-order valence-electron chi connectivity index (χ3n) is 4.76. The van der Waals surface area contributed by atoms with Gasteiger partial charge in [-0.3, -0.25) is 0 Å². The predicted octanol–water partition coefficient (Wildman–Crippen LogP) is 6.43. The molecule has 0 aliphatic heterocycles. The zero-order valence-corrected chi connectivity index (χ0v) is 16.7. The molecule has 4 aromatic rings. The van der Waals surface area contributed by atoms with Gasteiger partial charge in [0.1, 0.15) is 23.0 Å². The van der Waals surface area contributed by atoms with Crippen LogP contribution in [0.1, 0.15) is 18.1 Å². The van der Waals surface area contributed by atoms with E-state index in [9.17, 15) is 0 Å². The van der Waals surface area contributed by atoms with Crippen molar-refractivity contribution in [2.45, 2.75) is 6.92 Å². The van der Waals surface area contributed by atoms with Crippen molar-refractivity contribution < 1.29 is 9.47 Å². The minimum atomic E-state index is 0.677. The number of benzene rings is 4. The summed E-state index contributed by atoms with van der Waals surface area (Å²) >= 11 is 0. The van der Waals surface area contributed by atoms with E-state index in [1.54, 1.807) is 12.1 Å². The summed E-state index contributed by atoms with van der Waals surface area (Å²) in [7, 11) is 0. The van der Waals surface area contributed by atoms with Crippen LogP contribution >= 0.6 is 0 Å². The van der Waals surface area contributed by atoms with Gasteiger partial charge in [0.2, 0.25) is 0 Å². The molecule has 30 heavy (non-hydrogen) atoms. The van der Waals surface area contributed by atoms with Crippen molar-refractivity contribution in [1.82, 2.24) is 0 Å². The first-order chi connectivity index (χ1) is 14.6. The molecule has 0 saturated carbocycles. The van der Waals surface area contributed by atoms with Crippen molar-refractivity contribution in [3.63, 3.8) is 0 Å². The topological polar surface area (TPSA) is 70.5 Å². The van der Waals surface area contributed by atoms with Gasteiger partial charge in [0.15, 0.2) is 0 Å². The average Bonchev–Trinajstić information content (AvgIpc) is 2.74. The molecular weight excluding hydrogens is 372 g/mol. The van der Waals surface area contributed by atoms with E-state index in [1.807, 2.05) is 84.9 Å². The molecule has 4 N–H and O–H groups in total. The summed E-state index contributed by atoms with van der Waals surface area (Å²) in [5.74, 6) is 4.14. The average molecular weight is 395 g/mol. The molecule has 1 radical (unpaired) electrons. The second-order valence-corrected chi connectivity index (χ2v) is 7.02. The maximum atomic E-state index is 5.87. The van der Waals surface area contributed by atoms with Crippen LogP contribution < -0.4 is 20.9 Å². The molecule has 4 nitrogen and oxygen atoms in total. The van der Waals surface area contributed by atoms with E-state index in [1.165, 1.54) is 5.92 Å². The van der Waals surface area contributed by atoms with Crippen LogP contribution in [-0.4, -0.2) is 0 Å². The predicted molar refractivity (Wildman–Crippen MR) is 122 cm³/mol. The maximum Gasteiger partial charge on any atom is 0.129 e. The van der Waals surface area contributed by atoms with E-state index in [4.69, 9.17) is 20.9 Å². The van der Waals surface area contributed by atoms with E-state index >= 15 is 0 Å². The highest BCUT2D eigenvalue weighted by atomic mass is 16.5. The molecule has 149 valence electrons. The molecule has 0 spiro atoms. The highest BCUT2D eigenvalue weighted by Gasteiger charge is 2.10. The van der Waals surface area contributed by atoms with Gasteiger partial charge in [0.25, 0.3) is 0 Å². The first kappa shape index (κ1) is 19.4. The standard InChI is InChI=1S/C26H23N2O2/c1-18(19-8-12-23(13-9-19)29-25-6-2-4-21(27)16-25)20-10-14-24(15-11-20)30-26-7-3-5-22(28)17-26/h2-17H,27-28H2,1H3. The molecule has 4 heteroatoms. The van der Waals surface area contributed by atoms with Gasteiger partial charge in [0.05, 0.1) is 0 Å². The van der Waals surface area contributed by atoms with Crippen molar-refractivity contribution in [2.24, 2.45) is 0 Å². The number of hydrogen-bond acceptors (Lipinski definition) is 4. The number of anilines is 2. The van der Waals surface area contributed by atoms with Crippen LogP contribution in [0.25, 0.3) is 0 Å². The zero-order chi connectivity index (χ0) is 20.9. The van der Waals surface area contributed by atoms with Gasteiger partial charge >= 0.3 is 0 Å². The van der Waals surface area contributed by atoms with Gasteiger partial charge in [-0.2, -0.15) is 0 Å². The summed E-state index contributed by atoms with van der Waals surface area (Å²) in [4.78, 5) is 0. The van der Waals surface area contributed by atoms with E-state index in [0.717, 1.165) is 34.1 Å². The van der Waals surface area contributed by atoms with Crippen LogP contribution in [0.3, 0.4) is 0 Å². The number of nitrogens with two attached hydrogens (primary N) is 2. The second kappa shape index (κ2) is 8.62. The Hall–Kier alpha value is -3.92. The van der Waals surface area contributed by atoms with E-state index in [-0.39, 0.29) is 0 Å². The fourth-order valence-corrected chi connectivity index (χ4v) is 3.14. The van der Waals surface area contributed by atoms with Crippen LogP contribution in [-0.2, 0) is 0 Å². The highest BCUT2D eigenvalue weighted by Crippen LogP contribution is 2.30. The molecule has 0 heterocycles. The Labute approximate surface area is 176 Å². The molecular formula is C26H23N2O2. The first-order valence-electron chi connectivity index (χ1n) is 9.68. The minimum Gasteiger partial charge on any atom is -0.457 e. The van der Waals surface area contributed by atoms with Gasteiger partial charge in [-0.15, -0.1) is 0 Å². The van der Waals surface area contributed by atoms with Gasteiger partial charge in [-0.1, -0.05) is 43.3 Å². The molecule has 0 aromatic heterocycles. The van der Waals surface area contributed by atoms with E-state index < -0.39 is 0 Å². The van der Waals surface area contributed by atoms with Crippen LogP contribution in [0.2, 0.25) is 0 Å². The Morgan fingerprint density at radius 2 is 0.933 bits per heavy atom. The van der Waals surface area contributed by atoms with Crippen molar-refractivity contribution in [3.8, 4) is 23.0 Å². The van der Waals surface area contributed by atoms with Crippen molar-refractivity contribution in [2.75, 3.05) is 11.5 Å².